The van der Waals surface area contributed by atoms with E-state index in [1.165, 1.54) is 12.1 Å². The van der Waals surface area contributed by atoms with E-state index < -0.39 is 16.6 Å². The van der Waals surface area contributed by atoms with E-state index in [2.05, 4.69) is 10.3 Å². The number of aromatic nitrogens is 1. The predicted molar refractivity (Wildman–Crippen MR) is 67.3 cm³/mol. The monoisotopic (exact) mass is 285 g/mol. The minimum atomic E-state index is -0.625. The molecule has 0 unspecified atom stereocenters. The zero-order valence-electron chi connectivity index (χ0n) is 9.60. The van der Waals surface area contributed by atoms with Gasteiger partial charge in [0.05, 0.1) is 4.92 Å². The Morgan fingerprint density at radius 3 is 2.58 bits per heavy atom. The van der Waals surface area contributed by atoms with Crippen molar-refractivity contribution < 1.29 is 13.7 Å². The van der Waals surface area contributed by atoms with E-state index in [1.54, 1.807) is 0 Å². The molecule has 5 nitrogen and oxygen atoms in total. The number of anilines is 1. The molecule has 1 N–H and O–H groups in total. The molecule has 2 rings (SSSR count). The van der Waals surface area contributed by atoms with Gasteiger partial charge in [-0.15, -0.1) is 0 Å². The maximum absolute atomic E-state index is 12.9. The van der Waals surface area contributed by atoms with Gasteiger partial charge in [0.1, 0.15) is 17.8 Å². The van der Waals surface area contributed by atoms with E-state index in [0.717, 1.165) is 23.6 Å². The summed E-state index contributed by atoms with van der Waals surface area (Å²) in [5.41, 5.74) is 0.510. The van der Waals surface area contributed by atoms with Gasteiger partial charge in [0.15, 0.2) is 5.13 Å². The van der Waals surface area contributed by atoms with Crippen molar-refractivity contribution in [1.29, 1.82) is 0 Å². The number of benzene rings is 1. The lowest BCUT2D eigenvalue weighted by atomic mass is 10.1. The van der Waals surface area contributed by atoms with E-state index in [0.29, 0.717) is 23.7 Å². The minimum Gasteiger partial charge on any atom is -0.361 e. The molecule has 0 aliphatic carbocycles. The Labute approximate surface area is 111 Å². The van der Waals surface area contributed by atoms with Gasteiger partial charge in [-0.2, -0.15) is 0 Å². The Kier molecular flexibility index (Phi) is 4.00. The summed E-state index contributed by atoms with van der Waals surface area (Å²) in [4.78, 5) is 13.7. The van der Waals surface area contributed by atoms with Crippen molar-refractivity contribution in [3.8, 4) is 0 Å². The normalized spacial score (nSPS) is 10.4. The van der Waals surface area contributed by atoms with Gasteiger partial charge >= 0.3 is 5.00 Å². The first kappa shape index (κ1) is 13.3. The van der Waals surface area contributed by atoms with E-state index in [4.69, 9.17) is 0 Å². The van der Waals surface area contributed by atoms with Crippen molar-refractivity contribution >= 4 is 21.5 Å². The summed E-state index contributed by atoms with van der Waals surface area (Å²) in [5, 5.41) is 13.7. The summed E-state index contributed by atoms with van der Waals surface area (Å²) >= 11 is 0.913. The third-order valence-electron chi connectivity index (χ3n) is 2.29. The second-order valence-electron chi connectivity index (χ2n) is 3.72. The Balaban J connectivity index is 1.90. The van der Waals surface area contributed by atoms with Crippen molar-refractivity contribution in [3.05, 3.63) is 51.7 Å². The average molecular weight is 285 g/mol. The minimum absolute atomic E-state index is 0.0562. The molecule has 0 aliphatic rings. The largest absolute Gasteiger partial charge is 0.361 e. The highest BCUT2D eigenvalue weighted by molar-refractivity contribution is 7.18. The number of halogens is 2. The lowest BCUT2D eigenvalue weighted by Crippen LogP contribution is -2.04. The Morgan fingerprint density at radius 2 is 2.00 bits per heavy atom. The first-order valence-corrected chi connectivity index (χ1v) is 6.15. The molecule has 0 fully saturated rings. The fraction of sp³-hybridized carbons (Fsp3) is 0.182. The predicted octanol–water partition coefficient (Wildman–Crippen LogP) is 2.98. The van der Waals surface area contributed by atoms with Gasteiger partial charge < -0.3 is 5.32 Å². The Bertz CT molecular complexity index is 583. The van der Waals surface area contributed by atoms with Crippen molar-refractivity contribution in [2.24, 2.45) is 0 Å². The molecule has 1 aromatic carbocycles. The lowest BCUT2D eigenvalue weighted by molar-refractivity contribution is -0.380. The van der Waals surface area contributed by atoms with Gasteiger partial charge in [0.25, 0.3) is 0 Å². The first-order valence-electron chi connectivity index (χ1n) is 5.33. The van der Waals surface area contributed by atoms with Crippen molar-refractivity contribution in [3.63, 3.8) is 0 Å². The molecule has 2 aromatic rings. The molecule has 0 saturated heterocycles. The zero-order chi connectivity index (χ0) is 13.8. The van der Waals surface area contributed by atoms with E-state index in [-0.39, 0.29) is 5.00 Å². The van der Waals surface area contributed by atoms with E-state index in [9.17, 15) is 18.9 Å². The molecule has 100 valence electrons. The molecule has 8 heteroatoms. The van der Waals surface area contributed by atoms with Crippen LogP contribution in [0, 0.1) is 21.7 Å². The van der Waals surface area contributed by atoms with E-state index >= 15 is 0 Å². The van der Waals surface area contributed by atoms with Gasteiger partial charge in [-0.1, -0.05) is 0 Å². The molecular weight excluding hydrogens is 276 g/mol. The molecule has 0 spiro atoms. The van der Waals surface area contributed by atoms with Gasteiger partial charge in [0, 0.05) is 12.6 Å². The van der Waals surface area contributed by atoms with Gasteiger partial charge in [-0.3, -0.25) is 10.1 Å². The van der Waals surface area contributed by atoms with Gasteiger partial charge in [0.2, 0.25) is 0 Å². The average Bonchev–Trinajstić information content (AvgIpc) is 2.76. The standard InChI is InChI=1S/C11H9F2N3O2S/c12-8-3-7(4-9(13)5-8)1-2-14-11-15-6-10(19-11)16(17)18/h3-6H,1-2H2,(H,14,15). The number of thiazole rings is 1. The molecule has 1 heterocycles. The molecule has 0 saturated carbocycles. The summed E-state index contributed by atoms with van der Waals surface area (Å²) < 4.78 is 25.8. The summed E-state index contributed by atoms with van der Waals surface area (Å²) in [5.74, 6) is -1.25. The third kappa shape index (κ3) is 3.68. The van der Waals surface area contributed by atoms with Crippen molar-refractivity contribution in [2.75, 3.05) is 11.9 Å². The SMILES string of the molecule is O=[N+]([O-])c1cnc(NCCc2cc(F)cc(F)c2)s1. The second-order valence-corrected chi connectivity index (χ2v) is 4.72. The summed E-state index contributed by atoms with van der Waals surface area (Å²) in [7, 11) is 0. The van der Waals surface area contributed by atoms with E-state index in [1.807, 2.05) is 0 Å². The van der Waals surface area contributed by atoms with Crippen LogP contribution < -0.4 is 5.32 Å². The van der Waals surface area contributed by atoms with Crippen molar-refractivity contribution in [2.45, 2.75) is 6.42 Å². The molecule has 0 amide bonds. The maximum Gasteiger partial charge on any atom is 0.345 e. The number of rotatable bonds is 5. The first-order chi connectivity index (χ1) is 9.04. The highest BCUT2D eigenvalue weighted by Crippen LogP contribution is 2.24. The van der Waals surface area contributed by atoms with Crippen LogP contribution in [0.4, 0.5) is 18.9 Å². The molecule has 0 aliphatic heterocycles. The molecule has 0 bridgehead atoms. The number of hydrogen-bond donors (Lipinski definition) is 1. The number of hydrogen-bond acceptors (Lipinski definition) is 5. The van der Waals surface area contributed by atoms with Crippen LogP contribution in [0.25, 0.3) is 0 Å². The number of nitrogens with one attached hydrogen (secondary N) is 1. The highest BCUT2D eigenvalue weighted by atomic mass is 32.1. The van der Waals surface area contributed by atoms with Crippen LogP contribution in [0.15, 0.2) is 24.4 Å². The zero-order valence-corrected chi connectivity index (χ0v) is 10.4. The quantitative estimate of drug-likeness (QED) is 0.677. The maximum atomic E-state index is 12.9. The summed E-state index contributed by atoms with van der Waals surface area (Å²) in [6.45, 7) is 0.383. The lowest BCUT2D eigenvalue weighted by Gasteiger charge is -2.03. The molecule has 0 radical (unpaired) electrons. The second kappa shape index (κ2) is 5.70. The van der Waals surface area contributed by atoms with Crippen LogP contribution in [0.3, 0.4) is 0 Å². The molecule has 19 heavy (non-hydrogen) atoms. The fourth-order valence-electron chi connectivity index (χ4n) is 1.50. The highest BCUT2D eigenvalue weighted by Gasteiger charge is 2.10. The van der Waals surface area contributed by atoms with Crippen LogP contribution in [-0.2, 0) is 6.42 Å². The Hall–Kier alpha value is -2.09. The number of nitrogens with zero attached hydrogens (tertiary/aromatic N) is 2. The fourth-order valence-corrected chi connectivity index (χ4v) is 2.16. The molecule has 1 aromatic heterocycles. The molecule has 0 atom stereocenters. The smallest absolute Gasteiger partial charge is 0.345 e. The van der Waals surface area contributed by atoms with Crippen LogP contribution in [0.5, 0.6) is 0 Å². The van der Waals surface area contributed by atoms with Crippen LogP contribution in [0.2, 0.25) is 0 Å². The summed E-state index contributed by atoms with van der Waals surface area (Å²) in [6.07, 6.45) is 1.55. The Morgan fingerprint density at radius 1 is 1.32 bits per heavy atom. The number of nitro groups is 1. The van der Waals surface area contributed by atoms with Gasteiger partial charge in [-0.05, 0) is 35.5 Å². The summed E-state index contributed by atoms with van der Waals surface area (Å²) in [6, 6.07) is 3.30. The van der Waals surface area contributed by atoms with Crippen LogP contribution >= 0.6 is 11.3 Å². The topological polar surface area (TPSA) is 68.1 Å². The van der Waals surface area contributed by atoms with Crippen molar-refractivity contribution in [1.82, 2.24) is 4.98 Å². The molecular formula is C11H9F2N3O2S. The van der Waals surface area contributed by atoms with Gasteiger partial charge in [-0.25, -0.2) is 13.8 Å². The van der Waals surface area contributed by atoms with Crippen LogP contribution in [0.1, 0.15) is 5.56 Å². The third-order valence-corrected chi connectivity index (χ3v) is 3.19. The van der Waals surface area contributed by atoms with Crippen LogP contribution in [-0.4, -0.2) is 16.5 Å².